The van der Waals surface area contributed by atoms with Crippen molar-refractivity contribution in [3.05, 3.63) is 95.6 Å². The van der Waals surface area contributed by atoms with Crippen LogP contribution in [0.1, 0.15) is 56.0 Å². The Kier molecular flexibility index (Phi) is 10.1. The number of rotatable bonds is 9. The first-order valence-corrected chi connectivity index (χ1v) is 14.4. The van der Waals surface area contributed by atoms with Gasteiger partial charge in [0.2, 0.25) is 0 Å². The molecule has 210 valence electrons. The molecule has 0 radical (unpaired) electrons. The summed E-state index contributed by atoms with van der Waals surface area (Å²) in [7, 11) is -9.29. The average molecular weight is 581 g/mol. The Hall–Kier alpha value is -3.96. The zero-order valence-corrected chi connectivity index (χ0v) is 23.3. The van der Waals surface area contributed by atoms with Gasteiger partial charge in [-0.2, -0.15) is 16.8 Å². The molecule has 0 saturated carbocycles. The van der Waals surface area contributed by atoms with Gasteiger partial charge in [0.15, 0.2) is 0 Å². The zero-order chi connectivity index (χ0) is 29.1. The first kappa shape index (κ1) is 32.3. The van der Waals surface area contributed by atoms with Gasteiger partial charge in [-0.25, -0.2) is 0 Å². The van der Waals surface area contributed by atoms with Crippen LogP contribution in [0.15, 0.2) is 87.5 Å². The third-order valence-electron chi connectivity index (χ3n) is 5.81. The molecule has 8 nitrogen and oxygen atoms in total. The predicted octanol–water partition coefficient (Wildman–Crippen LogP) is 7.53. The van der Waals surface area contributed by atoms with Gasteiger partial charge in [-0.05, 0) is 97.8 Å². The first-order valence-electron chi connectivity index (χ1n) is 11.5. The van der Waals surface area contributed by atoms with Crippen molar-refractivity contribution in [3.8, 4) is 0 Å². The second-order valence-electron chi connectivity index (χ2n) is 8.94. The molecule has 0 spiro atoms. The lowest BCUT2D eigenvalue weighted by Gasteiger charge is -2.11. The predicted molar refractivity (Wildman–Crippen MR) is 165 cm³/mol. The van der Waals surface area contributed by atoms with Crippen LogP contribution in [0.5, 0.6) is 0 Å². The summed E-state index contributed by atoms with van der Waals surface area (Å²) in [5.41, 5.74) is 5.61. The monoisotopic (exact) mass is 580 g/mol. The van der Waals surface area contributed by atoms with Crippen LogP contribution in [0.4, 0.5) is 11.4 Å². The van der Waals surface area contributed by atoms with Crippen LogP contribution in [0.3, 0.4) is 0 Å². The SMILES string of the molecule is C.C=Nc1ccc(/C=C/c2ccc(N=C(C)c3cc(C(=C)C)cc(C(=C)C)c3)cc2S(=O)(=O)O)c(S(=O)(=O)O)c1. The fourth-order valence-electron chi connectivity index (χ4n) is 3.70. The van der Waals surface area contributed by atoms with Crippen molar-refractivity contribution in [3.63, 3.8) is 0 Å². The molecule has 0 unspecified atom stereocenters. The molecule has 0 amide bonds. The highest BCUT2D eigenvalue weighted by atomic mass is 32.2. The standard InChI is InChI=1S/C29H28N2O6S2.CH4/c1-18(2)23-13-24(19(3)4)15-25(14-23)20(5)31-27-12-10-22(29(17-27)39(35,36)37)8-7-21-9-11-26(30-6)16-28(21)38(32,33)34;/h7-17H,1,3,6H2,2,4-5H3,(H,32,33,34)(H,35,36,37);1H4/b8-7+,31-20?;. The van der Waals surface area contributed by atoms with Crippen molar-refractivity contribution in [1.29, 1.82) is 0 Å². The number of aliphatic imine (C=N–C) groups is 2. The molecule has 0 atom stereocenters. The van der Waals surface area contributed by atoms with Crippen LogP contribution in [0, 0.1) is 0 Å². The Morgan fingerprint density at radius 2 is 1.10 bits per heavy atom. The van der Waals surface area contributed by atoms with E-state index in [9.17, 15) is 25.9 Å². The van der Waals surface area contributed by atoms with E-state index in [2.05, 4.69) is 29.9 Å². The number of benzene rings is 3. The van der Waals surface area contributed by atoms with Gasteiger partial charge in [-0.15, -0.1) is 0 Å². The molecule has 2 N–H and O–H groups in total. The Bertz CT molecular complexity index is 1750. The molecule has 3 aromatic rings. The Morgan fingerprint density at radius 3 is 1.50 bits per heavy atom. The molecular weight excluding hydrogens is 548 g/mol. The molecular formula is C30H32N2O6S2. The van der Waals surface area contributed by atoms with E-state index in [0.29, 0.717) is 5.71 Å². The van der Waals surface area contributed by atoms with E-state index >= 15 is 0 Å². The highest BCUT2D eigenvalue weighted by molar-refractivity contribution is 7.86. The molecule has 0 fully saturated rings. The molecule has 40 heavy (non-hydrogen) atoms. The fourth-order valence-corrected chi connectivity index (χ4v) is 5.11. The average Bonchev–Trinajstić information content (AvgIpc) is 2.86. The quantitative estimate of drug-likeness (QED) is 0.153. The van der Waals surface area contributed by atoms with E-state index in [1.165, 1.54) is 36.4 Å². The van der Waals surface area contributed by atoms with Gasteiger partial charge < -0.3 is 0 Å². The Labute approximate surface area is 236 Å². The largest absolute Gasteiger partial charge is 0.295 e. The second kappa shape index (κ2) is 12.5. The lowest BCUT2D eigenvalue weighted by molar-refractivity contribution is 0.480. The van der Waals surface area contributed by atoms with Crippen molar-refractivity contribution in [2.75, 3.05) is 0 Å². The lowest BCUT2D eigenvalue weighted by Crippen LogP contribution is -2.02. The topological polar surface area (TPSA) is 133 Å². The maximum Gasteiger partial charge on any atom is 0.295 e. The summed E-state index contributed by atoms with van der Waals surface area (Å²) in [5.74, 6) is 0. The third kappa shape index (κ3) is 7.80. The summed E-state index contributed by atoms with van der Waals surface area (Å²) in [4.78, 5) is 7.35. The summed E-state index contributed by atoms with van der Waals surface area (Å²) in [6.07, 6.45) is 2.61. The van der Waals surface area contributed by atoms with Gasteiger partial charge in [-0.1, -0.05) is 56.0 Å². The second-order valence-corrected chi connectivity index (χ2v) is 11.7. The van der Waals surface area contributed by atoms with Gasteiger partial charge in [0, 0.05) is 5.71 Å². The third-order valence-corrected chi connectivity index (χ3v) is 7.63. The van der Waals surface area contributed by atoms with E-state index in [1.807, 2.05) is 32.0 Å². The molecule has 0 aliphatic rings. The van der Waals surface area contributed by atoms with Crippen molar-refractivity contribution in [2.45, 2.75) is 38.0 Å². The molecule has 3 aromatic carbocycles. The minimum atomic E-state index is -4.68. The van der Waals surface area contributed by atoms with Gasteiger partial charge in [-0.3, -0.25) is 19.1 Å². The minimum Gasteiger partial charge on any atom is -0.282 e. The van der Waals surface area contributed by atoms with Crippen LogP contribution >= 0.6 is 0 Å². The molecule has 3 rings (SSSR count). The zero-order valence-electron chi connectivity index (χ0n) is 21.7. The van der Waals surface area contributed by atoms with Crippen molar-refractivity contribution < 1.29 is 25.9 Å². The van der Waals surface area contributed by atoms with E-state index in [-0.39, 0.29) is 29.9 Å². The van der Waals surface area contributed by atoms with Crippen LogP contribution in [-0.4, -0.2) is 38.4 Å². The van der Waals surface area contributed by atoms with Gasteiger partial charge in [0.1, 0.15) is 9.79 Å². The summed E-state index contributed by atoms with van der Waals surface area (Å²) >= 11 is 0. The summed E-state index contributed by atoms with van der Waals surface area (Å²) < 4.78 is 67.6. The van der Waals surface area contributed by atoms with Crippen LogP contribution in [0.25, 0.3) is 23.3 Å². The number of hydrogen-bond acceptors (Lipinski definition) is 6. The summed E-state index contributed by atoms with van der Waals surface area (Å²) in [6.45, 7) is 16.9. The molecule has 10 heteroatoms. The molecule has 0 aliphatic heterocycles. The van der Waals surface area contributed by atoms with E-state index in [4.69, 9.17) is 0 Å². The summed E-state index contributed by atoms with van der Waals surface area (Å²) in [6, 6.07) is 14.0. The number of allylic oxidation sites excluding steroid dienone is 2. The van der Waals surface area contributed by atoms with Crippen LogP contribution in [0.2, 0.25) is 0 Å². The summed E-state index contributed by atoms with van der Waals surface area (Å²) in [5, 5.41) is 0. The fraction of sp³-hybridized carbons (Fsp3) is 0.133. The maximum atomic E-state index is 12.2. The van der Waals surface area contributed by atoms with E-state index in [0.717, 1.165) is 33.9 Å². The van der Waals surface area contributed by atoms with E-state index < -0.39 is 30.0 Å². The molecule has 0 saturated heterocycles. The van der Waals surface area contributed by atoms with Gasteiger partial charge >= 0.3 is 0 Å². The number of hydrogen-bond donors (Lipinski definition) is 2. The Morgan fingerprint density at radius 1 is 0.700 bits per heavy atom. The van der Waals surface area contributed by atoms with Gasteiger partial charge in [0.25, 0.3) is 20.2 Å². The highest BCUT2D eigenvalue weighted by Crippen LogP contribution is 2.28. The smallest absolute Gasteiger partial charge is 0.282 e. The van der Waals surface area contributed by atoms with Crippen LogP contribution in [-0.2, 0) is 20.2 Å². The molecule has 0 bridgehead atoms. The Balaban J connectivity index is 0.00000560. The highest BCUT2D eigenvalue weighted by Gasteiger charge is 2.17. The number of nitrogens with zero attached hydrogens (tertiary/aromatic N) is 2. The minimum absolute atomic E-state index is 0. The van der Waals surface area contributed by atoms with Gasteiger partial charge in [0.05, 0.1) is 11.4 Å². The van der Waals surface area contributed by atoms with Crippen LogP contribution < -0.4 is 0 Å². The van der Waals surface area contributed by atoms with Crippen molar-refractivity contribution >= 4 is 67.3 Å². The maximum absolute atomic E-state index is 12.2. The van der Waals surface area contributed by atoms with E-state index in [1.54, 1.807) is 13.0 Å². The lowest BCUT2D eigenvalue weighted by atomic mass is 9.96. The van der Waals surface area contributed by atoms with Crippen molar-refractivity contribution in [1.82, 2.24) is 0 Å². The normalized spacial score (nSPS) is 12.2. The molecule has 0 aliphatic carbocycles. The molecule has 0 heterocycles. The molecule has 0 aromatic heterocycles. The first-order chi connectivity index (χ1) is 18.1. The van der Waals surface area contributed by atoms with Crippen molar-refractivity contribution in [2.24, 2.45) is 9.98 Å².